The number of hydrogen-bond acceptors (Lipinski definition) is 6. The predicted molar refractivity (Wildman–Crippen MR) is 114 cm³/mol. The Morgan fingerprint density at radius 2 is 1.90 bits per heavy atom. The van der Waals surface area contributed by atoms with Crippen LogP contribution in [0.3, 0.4) is 0 Å². The van der Waals surface area contributed by atoms with Gasteiger partial charge in [0, 0.05) is 17.6 Å². The van der Waals surface area contributed by atoms with Gasteiger partial charge in [0.15, 0.2) is 0 Å². The van der Waals surface area contributed by atoms with E-state index in [0.717, 1.165) is 5.39 Å². The van der Waals surface area contributed by atoms with Gasteiger partial charge in [-0.1, -0.05) is 0 Å². The largest absolute Gasteiger partial charge is 0.497 e. The van der Waals surface area contributed by atoms with Crippen LogP contribution in [0.2, 0.25) is 0 Å². The number of alkyl carbamates (subject to hydrolysis) is 1. The predicted octanol–water partition coefficient (Wildman–Crippen LogP) is 3.38. The Morgan fingerprint density at radius 1 is 1.20 bits per heavy atom. The standard InChI is InChI=1S/C22H29N3O5/c1-21(2,3)30-20(27)24-14-7-10-22(28,11-8-14)19(26)25-18-9-12-23-17-6-5-15(29-4)13-16(17)18/h5-6,9,12-14,28H,7-8,10-11H2,1-4H3,(H,24,27)(H,23,25,26). The van der Waals surface area contributed by atoms with Gasteiger partial charge in [-0.15, -0.1) is 0 Å². The molecule has 0 bridgehead atoms. The first-order chi connectivity index (χ1) is 14.1. The van der Waals surface area contributed by atoms with Gasteiger partial charge >= 0.3 is 6.09 Å². The van der Waals surface area contributed by atoms with Crippen LogP contribution in [0, 0.1) is 0 Å². The minimum Gasteiger partial charge on any atom is -0.497 e. The fourth-order valence-corrected chi connectivity index (χ4v) is 3.54. The van der Waals surface area contributed by atoms with Crippen LogP contribution in [-0.4, -0.2) is 46.4 Å². The minimum atomic E-state index is -1.50. The molecular weight excluding hydrogens is 386 g/mol. The van der Waals surface area contributed by atoms with Crippen molar-refractivity contribution in [1.82, 2.24) is 10.3 Å². The van der Waals surface area contributed by atoms with Crippen LogP contribution < -0.4 is 15.4 Å². The highest BCUT2D eigenvalue weighted by Gasteiger charge is 2.40. The SMILES string of the molecule is COc1ccc2nccc(NC(=O)C3(O)CCC(NC(=O)OC(C)(C)C)CC3)c2c1. The summed E-state index contributed by atoms with van der Waals surface area (Å²) in [4.78, 5) is 29.1. The molecule has 3 N–H and O–H groups in total. The van der Waals surface area contributed by atoms with Crippen LogP contribution in [0.4, 0.5) is 10.5 Å². The molecule has 2 aromatic rings. The lowest BCUT2D eigenvalue weighted by atomic mass is 9.81. The molecule has 1 aliphatic rings. The smallest absolute Gasteiger partial charge is 0.407 e. The summed E-state index contributed by atoms with van der Waals surface area (Å²) in [5, 5.41) is 17.3. The lowest BCUT2D eigenvalue weighted by Crippen LogP contribution is -2.50. The fraction of sp³-hybridized carbons (Fsp3) is 0.500. The van der Waals surface area contributed by atoms with Crippen LogP contribution in [0.25, 0.3) is 10.9 Å². The molecule has 30 heavy (non-hydrogen) atoms. The zero-order valence-electron chi connectivity index (χ0n) is 17.8. The first kappa shape index (κ1) is 21.8. The second-order valence-electron chi connectivity index (χ2n) is 8.65. The van der Waals surface area contributed by atoms with Gasteiger partial charge in [-0.3, -0.25) is 9.78 Å². The fourth-order valence-electron chi connectivity index (χ4n) is 3.54. The highest BCUT2D eigenvalue weighted by Crippen LogP contribution is 2.32. The number of amides is 2. The third kappa shape index (κ3) is 5.18. The van der Waals surface area contributed by atoms with Crippen molar-refractivity contribution < 1.29 is 24.2 Å². The number of ether oxygens (including phenoxy) is 2. The lowest BCUT2D eigenvalue weighted by molar-refractivity contribution is -0.137. The number of hydrogen-bond donors (Lipinski definition) is 3. The molecule has 0 atom stereocenters. The summed E-state index contributed by atoms with van der Waals surface area (Å²) in [5.41, 5.74) is -0.798. The number of pyridine rings is 1. The molecule has 1 aromatic heterocycles. The Balaban J connectivity index is 1.64. The number of benzene rings is 1. The molecule has 8 heteroatoms. The summed E-state index contributed by atoms with van der Waals surface area (Å²) < 4.78 is 10.5. The van der Waals surface area contributed by atoms with Crippen LogP contribution in [0.1, 0.15) is 46.5 Å². The van der Waals surface area contributed by atoms with Crippen molar-refractivity contribution in [2.24, 2.45) is 0 Å². The van der Waals surface area contributed by atoms with Gasteiger partial charge in [0.1, 0.15) is 17.0 Å². The van der Waals surface area contributed by atoms with Crippen LogP contribution >= 0.6 is 0 Å². The summed E-state index contributed by atoms with van der Waals surface area (Å²) in [5.74, 6) is 0.187. The Kier molecular flexibility index (Phi) is 6.17. The third-order valence-electron chi connectivity index (χ3n) is 5.15. The maximum atomic E-state index is 12.9. The molecule has 0 unspecified atom stereocenters. The number of carbonyl (C=O) groups is 2. The average molecular weight is 415 g/mol. The highest BCUT2D eigenvalue weighted by atomic mass is 16.6. The molecular formula is C22H29N3O5. The number of nitrogens with zero attached hydrogens (tertiary/aromatic N) is 1. The quantitative estimate of drug-likeness (QED) is 0.706. The van der Waals surface area contributed by atoms with Crippen molar-refractivity contribution in [3.8, 4) is 5.75 Å². The van der Waals surface area contributed by atoms with E-state index in [1.807, 2.05) is 6.07 Å². The van der Waals surface area contributed by atoms with Crippen molar-refractivity contribution >= 4 is 28.6 Å². The average Bonchev–Trinajstić information content (AvgIpc) is 2.68. The van der Waals surface area contributed by atoms with E-state index in [0.29, 0.717) is 29.8 Å². The van der Waals surface area contributed by atoms with Crippen molar-refractivity contribution in [3.05, 3.63) is 30.5 Å². The monoisotopic (exact) mass is 415 g/mol. The first-order valence-electron chi connectivity index (χ1n) is 10.1. The number of methoxy groups -OCH3 is 1. The number of rotatable bonds is 4. The highest BCUT2D eigenvalue weighted by molar-refractivity contribution is 6.04. The normalized spacial score (nSPS) is 21.7. The summed E-state index contributed by atoms with van der Waals surface area (Å²) in [6, 6.07) is 6.96. The number of carbonyl (C=O) groups excluding carboxylic acids is 2. The summed E-state index contributed by atoms with van der Waals surface area (Å²) in [7, 11) is 1.57. The molecule has 0 saturated heterocycles. The lowest BCUT2D eigenvalue weighted by Gasteiger charge is -2.35. The van der Waals surface area contributed by atoms with E-state index < -0.39 is 23.2 Å². The van der Waals surface area contributed by atoms with E-state index >= 15 is 0 Å². The van der Waals surface area contributed by atoms with Gasteiger partial charge in [-0.05, 0) is 70.7 Å². The van der Waals surface area contributed by atoms with Gasteiger partial charge in [0.2, 0.25) is 0 Å². The molecule has 8 nitrogen and oxygen atoms in total. The molecule has 1 aliphatic carbocycles. The van der Waals surface area contributed by atoms with Gasteiger partial charge < -0.3 is 25.2 Å². The number of fused-ring (bicyclic) bond motifs is 1. The molecule has 1 fully saturated rings. The van der Waals surface area contributed by atoms with Crippen LogP contribution in [0.15, 0.2) is 30.5 Å². The summed E-state index contributed by atoms with van der Waals surface area (Å²) in [6.45, 7) is 5.40. The Labute approximate surface area is 176 Å². The Hall–Kier alpha value is -2.87. The van der Waals surface area contributed by atoms with E-state index in [-0.39, 0.29) is 18.9 Å². The molecule has 1 aromatic carbocycles. The van der Waals surface area contributed by atoms with Gasteiger partial charge in [-0.25, -0.2) is 4.79 Å². The minimum absolute atomic E-state index is 0.140. The number of nitrogens with one attached hydrogen (secondary N) is 2. The van der Waals surface area contributed by atoms with Gasteiger partial charge in [-0.2, -0.15) is 0 Å². The molecule has 3 rings (SSSR count). The molecule has 1 heterocycles. The van der Waals surface area contributed by atoms with Gasteiger partial charge in [0.05, 0.1) is 18.3 Å². The molecule has 0 radical (unpaired) electrons. The Morgan fingerprint density at radius 3 is 2.53 bits per heavy atom. The molecule has 0 spiro atoms. The third-order valence-corrected chi connectivity index (χ3v) is 5.15. The second kappa shape index (κ2) is 8.47. The van der Waals surface area contributed by atoms with E-state index in [1.54, 1.807) is 52.3 Å². The van der Waals surface area contributed by atoms with Crippen LogP contribution in [-0.2, 0) is 9.53 Å². The van der Waals surface area contributed by atoms with Crippen molar-refractivity contribution in [2.75, 3.05) is 12.4 Å². The zero-order valence-corrected chi connectivity index (χ0v) is 17.8. The molecule has 2 amide bonds. The Bertz CT molecular complexity index is 930. The van der Waals surface area contributed by atoms with Crippen molar-refractivity contribution in [3.63, 3.8) is 0 Å². The molecule has 1 saturated carbocycles. The second-order valence-corrected chi connectivity index (χ2v) is 8.65. The van der Waals surface area contributed by atoms with Gasteiger partial charge in [0.25, 0.3) is 5.91 Å². The topological polar surface area (TPSA) is 110 Å². The van der Waals surface area contributed by atoms with Crippen molar-refractivity contribution in [2.45, 2.75) is 63.7 Å². The first-order valence-corrected chi connectivity index (χ1v) is 10.1. The van der Waals surface area contributed by atoms with E-state index in [4.69, 9.17) is 9.47 Å². The molecule has 162 valence electrons. The van der Waals surface area contributed by atoms with E-state index in [9.17, 15) is 14.7 Å². The van der Waals surface area contributed by atoms with E-state index in [2.05, 4.69) is 15.6 Å². The molecule has 0 aliphatic heterocycles. The number of aromatic nitrogens is 1. The number of anilines is 1. The van der Waals surface area contributed by atoms with Crippen LogP contribution in [0.5, 0.6) is 5.75 Å². The summed E-state index contributed by atoms with van der Waals surface area (Å²) >= 11 is 0. The maximum absolute atomic E-state index is 12.9. The maximum Gasteiger partial charge on any atom is 0.407 e. The number of aliphatic hydroxyl groups is 1. The van der Waals surface area contributed by atoms with Crippen molar-refractivity contribution in [1.29, 1.82) is 0 Å². The zero-order chi connectivity index (χ0) is 21.9. The summed E-state index contributed by atoms with van der Waals surface area (Å²) in [6.07, 6.45) is 2.56. The van der Waals surface area contributed by atoms with E-state index in [1.165, 1.54) is 0 Å².